The van der Waals surface area contributed by atoms with Gasteiger partial charge < -0.3 is 5.32 Å². The van der Waals surface area contributed by atoms with Gasteiger partial charge in [-0.05, 0) is 36.9 Å². The number of nitrogens with zero attached hydrogens (tertiary/aromatic N) is 3. The molecule has 3 aromatic rings. The maximum absolute atomic E-state index is 13.2. The summed E-state index contributed by atoms with van der Waals surface area (Å²) in [6, 6.07) is 12.9. The van der Waals surface area contributed by atoms with Gasteiger partial charge in [0.05, 0.1) is 18.4 Å². The van der Waals surface area contributed by atoms with Crippen LogP contribution in [0.5, 0.6) is 0 Å². The summed E-state index contributed by atoms with van der Waals surface area (Å²) >= 11 is 0. The van der Waals surface area contributed by atoms with E-state index in [4.69, 9.17) is 0 Å². The third-order valence-electron chi connectivity index (χ3n) is 3.93. The Morgan fingerprint density at radius 3 is 2.52 bits per heavy atom. The Morgan fingerprint density at radius 2 is 1.81 bits per heavy atom. The first-order valence-electron chi connectivity index (χ1n) is 8.49. The fourth-order valence-electron chi connectivity index (χ4n) is 2.75. The summed E-state index contributed by atoms with van der Waals surface area (Å²) in [4.78, 5) is 13.9. The van der Waals surface area contributed by atoms with Gasteiger partial charge in [0.25, 0.3) is 0 Å². The van der Waals surface area contributed by atoms with E-state index in [0.29, 0.717) is 12.1 Å². The first-order chi connectivity index (χ1) is 13.0. The molecule has 0 aliphatic rings. The lowest BCUT2D eigenvalue weighted by Crippen LogP contribution is -2.34. The summed E-state index contributed by atoms with van der Waals surface area (Å²) < 4.78 is 28.1. The minimum Gasteiger partial charge on any atom is -0.351 e. The maximum atomic E-state index is 13.2. The first-order valence-corrected chi connectivity index (χ1v) is 8.49. The van der Waals surface area contributed by atoms with Crippen molar-refractivity contribution in [1.82, 2.24) is 20.0 Å². The lowest BCUT2D eigenvalue weighted by atomic mass is 10.2. The molecule has 2 aromatic carbocycles. The second kappa shape index (κ2) is 8.55. The number of likely N-dealkylation sites (N-methyl/N-ethyl adjacent to an activating group) is 1. The highest BCUT2D eigenvalue weighted by Crippen LogP contribution is 2.10. The molecule has 0 spiro atoms. The predicted molar refractivity (Wildman–Crippen MR) is 98.1 cm³/mol. The van der Waals surface area contributed by atoms with Gasteiger partial charge in [0.2, 0.25) is 5.91 Å². The van der Waals surface area contributed by atoms with Gasteiger partial charge in [-0.25, -0.2) is 13.5 Å². The summed E-state index contributed by atoms with van der Waals surface area (Å²) in [6.07, 6.45) is 3.68. The second-order valence-corrected chi connectivity index (χ2v) is 6.36. The second-order valence-electron chi connectivity index (χ2n) is 6.36. The van der Waals surface area contributed by atoms with E-state index in [0.717, 1.165) is 17.3 Å². The topological polar surface area (TPSA) is 50.2 Å². The fraction of sp³-hybridized carbons (Fsp3) is 0.200. The van der Waals surface area contributed by atoms with Gasteiger partial charge in [-0.1, -0.05) is 18.2 Å². The van der Waals surface area contributed by atoms with Gasteiger partial charge in [-0.3, -0.25) is 9.69 Å². The van der Waals surface area contributed by atoms with Crippen molar-refractivity contribution in [2.45, 2.75) is 13.1 Å². The van der Waals surface area contributed by atoms with E-state index in [2.05, 4.69) is 10.4 Å². The van der Waals surface area contributed by atoms with E-state index in [1.165, 1.54) is 12.1 Å². The van der Waals surface area contributed by atoms with Crippen LogP contribution in [0.15, 0.2) is 60.9 Å². The van der Waals surface area contributed by atoms with Gasteiger partial charge in [-0.2, -0.15) is 5.10 Å². The summed E-state index contributed by atoms with van der Waals surface area (Å²) in [5, 5.41) is 7.00. The molecule has 140 valence electrons. The molecule has 0 radical (unpaired) electrons. The minimum atomic E-state index is -0.660. The molecule has 0 unspecified atom stereocenters. The van der Waals surface area contributed by atoms with Gasteiger partial charge in [0.15, 0.2) is 0 Å². The summed E-state index contributed by atoms with van der Waals surface area (Å²) in [6.45, 7) is 0.788. The number of para-hydroxylation sites is 1. The molecular formula is C20H20F2N4O. The molecule has 1 N–H and O–H groups in total. The van der Waals surface area contributed by atoms with Crippen LogP contribution in [0.4, 0.5) is 8.78 Å². The molecule has 3 rings (SSSR count). The van der Waals surface area contributed by atoms with Gasteiger partial charge in [-0.15, -0.1) is 0 Å². The molecule has 0 atom stereocenters. The number of benzene rings is 2. The number of hydrogen-bond donors (Lipinski definition) is 1. The number of amides is 1. The van der Waals surface area contributed by atoms with Crippen LogP contribution in [-0.4, -0.2) is 34.2 Å². The maximum Gasteiger partial charge on any atom is 0.234 e. The Morgan fingerprint density at radius 1 is 1.11 bits per heavy atom. The molecule has 0 bridgehead atoms. The lowest BCUT2D eigenvalue weighted by Gasteiger charge is -2.15. The van der Waals surface area contributed by atoms with Gasteiger partial charge in [0.1, 0.15) is 11.6 Å². The fourth-order valence-corrected chi connectivity index (χ4v) is 2.75. The predicted octanol–water partition coefficient (Wildman–Crippen LogP) is 2.90. The van der Waals surface area contributed by atoms with E-state index < -0.39 is 11.6 Å². The van der Waals surface area contributed by atoms with E-state index in [9.17, 15) is 13.6 Å². The van der Waals surface area contributed by atoms with Crippen LogP contribution < -0.4 is 5.32 Å². The molecule has 27 heavy (non-hydrogen) atoms. The van der Waals surface area contributed by atoms with Crippen molar-refractivity contribution in [2.24, 2.45) is 0 Å². The number of carbonyl (C=O) groups excluding carboxylic acids is 1. The van der Waals surface area contributed by atoms with Gasteiger partial charge >= 0.3 is 0 Å². The summed E-state index contributed by atoms with van der Waals surface area (Å²) in [5.41, 5.74) is 2.32. The molecule has 0 saturated heterocycles. The van der Waals surface area contributed by atoms with Crippen LogP contribution in [-0.2, 0) is 17.9 Å². The minimum absolute atomic E-state index is 0.0767. The number of aromatic nitrogens is 2. The Kier molecular flexibility index (Phi) is 5.93. The molecule has 0 aliphatic carbocycles. The molecule has 1 aromatic heterocycles. The van der Waals surface area contributed by atoms with Crippen molar-refractivity contribution in [3.8, 4) is 5.69 Å². The average molecular weight is 370 g/mol. The molecule has 0 aliphatic heterocycles. The van der Waals surface area contributed by atoms with E-state index in [1.807, 2.05) is 48.5 Å². The normalized spacial score (nSPS) is 11.0. The molecule has 1 amide bonds. The van der Waals surface area contributed by atoms with E-state index in [-0.39, 0.29) is 19.0 Å². The number of hydrogen-bond acceptors (Lipinski definition) is 3. The zero-order valence-corrected chi connectivity index (χ0v) is 14.9. The highest BCUT2D eigenvalue weighted by molar-refractivity contribution is 5.77. The SMILES string of the molecule is CN(CC(=O)NCc1cc(F)cc(F)c1)Cc1cnn(-c2ccccc2)c1. The lowest BCUT2D eigenvalue weighted by molar-refractivity contribution is -0.122. The van der Waals surface area contributed by atoms with Crippen LogP contribution in [0.1, 0.15) is 11.1 Å². The Hall–Kier alpha value is -3.06. The Bertz CT molecular complexity index is 891. The van der Waals surface area contributed by atoms with Crippen LogP contribution in [0, 0.1) is 11.6 Å². The molecule has 5 nitrogen and oxygen atoms in total. The van der Waals surface area contributed by atoms with Gasteiger partial charge in [0, 0.05) is 30.9 Å². The highest BCUT2D eigenvalue weighted by atomic mass is 19.1. The van der Waals surface area contributed by atoms with E-state index in [1.54, 1.807) is 10.9 Å². The molecule has 0 saturated carbocycles. The van der Waals surface area contributed by atoms with Crippen LogP contribution in [0.2, 0.25) is 0 Å². The molecule has 7 heteroatoms. The van der Waals surface area contributed by atoms with Crippen molar-refractivity contribution in [3.05, 3.63) is 83.7 Å². The number of halogens is 2. The molecule has 1 heterocycles. The standard InChI is InChI=1S/C20H20F2N4O/c1-25(12-16-11-24-26(13-16)19-5-3-2-4-6-19)14-20(27)23-10-15-7-17(21)9-18(22)8-15/h2-9,11,13H,10,12,14H2,1H3,(H,23,27). The zero-order chi connectivity index (χ0) is 19.2. The van der Waals surface area contributed by atoms with Crippen molar-refractivity contribution in [2.75, 3.05) is 13.6 Å². The van der Waals surface area contributed by atoms with Crippen LogP contribution >= 0.6 is 0 Å². The van der Waals surface area contributed by atoms with Crippen LogP contribution in [0.25, 0.3) is 5.69 Å². The van der Waals surface area contributed by atoms with Crippen LogP contribution in [0.3, 0.4) is 0 Å². The summed E-state index contributed by atoms with van der Waals surface area (Å²) in [7, 11) is 1.82. The number of nitrogens with one attached hydrogen (secondary N) is 1. The summed E-state index contributed by atoms with van der Waals surface area (Å²) in [5.74, 6) is -1.55. The number of rotatable bonds is 7. The van der Waals surface area contributed by atoms with Crippen molar-refractivity contribution < 1.29 is 13.6 Å². The average Bonchev–Trinajstić information content (AvgIpc) is 3.08. The highest BCUT2D eigenvalue weighted by Gasteiger charge is 2.09. The first kappa shape index (κ1) is 18.7. The number of carbonyl (C=O) groups is 1. The van der Waals surface area contributed by atoms with Crippen molar-refractivity contribution in [3.63, 3.8) is 0 Å². The third-order valence-corrected chi connectivity index (χ3v) is 3.93. The zero-order valence-electron chi connectivity index (χ0n) is 14.9. The quantitative estimate of drug-likeness (QED) is 0.696. The monoisotopic (exact) mass is 370 g/mol. The Labute approximate surface area is 156 Å². The smallest absolute Gasteiger partial charge is 0.234 e. The largest absolute Gasteiger partial charge is 0.351 e. The van der Waals surface area contributed by atoms with E-state index >= 15 is 0 Å². The van der Waals surface area contributed by atoms with Crippen molar-refractivity contribution >= 4 is 5.91 Å². The van der Waals surface area contributed by atoms with Crippen molar-refractivity contribution in [1.29, 1.82) is 0 Å². The molecule has 0 fully saturated rings. The molecular weight excluding hydrogens is 350 g/mol. The Balaban J connectivity index is 1.49. The third kappa shape index (κ3) is 5.46.